The molecule has 0 aromatic carbocycles. The van der Waals surface area contributed by atoms with E-state index in [1.807, 2.05) is 0 Å². The van der Waals surface area contributed by atoms with Crippen molar-refractivity contribution in [2.24, 2.45) is 0 Å². The molecule has 0 N–H and O–H groups in total. The first kappa shape index (κ1) is 45.2. The lowest BCUT2D eigenvalue weighted by Crippen LogP contribution is -2.15. The summed E-state index contributed by atoms with van der Waals surface area (Å²) >= 11 is 2.28. The minimum atomic E-state index is 0.516. The zero-order valence-corrected chi connectivity index (χ0v) is 30.1. The Morgan fingerprint density at radius 3 is 0.600 bits per heavy atom. The van der Waals surface area contributed by atoms with Crippen molar-refractivity contribution in [1.29, 1.82) is 0 Å². The number of hydrogen-bond donors (Lipinski definition) is 0. The van der Waals surface area contributed by atoms with Crippen molar-refractivity contribution < 1.29 is 61.6 Å². The number of alkyl halides is 1. The van der Waals surface area contributed by atoms with Crippen LogP contribution in [-0.2, 0) is 61.6 Å². The first-order valence-electron chi connectivity index (χ1n) is 16.5. The maximum Gasteiger partial charge on any atom is 0.0701 e. The van der Waals surface area contributed by atoms with Gasteiger partial charge in [0.15, 0.2) is 0 Å². The predicted octanol–water partition coefficient (Wildman–Crippen LogP) is 2.83. The minimum absolute atomic E-state index is 0.516. The number of unbranched alkanes of at least 4 members (excludes halogenated alkanes) is 2. The van der Waals surface area contributed by atoms with E-state index < -0.39 is 0 Å². The van der Waals surface area contributed by atoms with E-state index in [0.29, 0.717) is 159 Å². The van der Waals surface area contributed by atoms with Gasteiger partial charge in [-0.05, 0) is 6.42 Å². The van der Waals surface area contributed by atoms with Gasteiger partial charge in [-0.25, -0.2) is 0 Å². The van der Waals surface area contributed by atoms with Gasteiger partial charge in [-0.15, -0.1) is 0 Å². The van der Waals surface area contributed by atoms with Crippen LogP contribution in [0.5, 0.6) is 0 Å². The lowest BCUT2D eigenvalue weighted by Gasteiger charge is -2.09. The summed E-state index contributed by atoms with van der Waals surface area (Å²) in [6.45, 7) is 16.9. The van der Waals surface area contributed by atoms with Gasteiger partial charge in [0.1, 0.15) is 0 Å². The van der Waals surface area contributed by atoms with Crippen LogP contribution in [0.25, 0.3) is 0 Å². The first-order chi connectivity index (χ1) is 22.4. The Balaban J connectivity index is 3.03. The van der Waals surface area contributed by atoms with Crippen LogP contribution in [0.4, 0.5) is 0 Å². The first-order valence-corrected chi connectivity index (χ1v) is 18.0. The third-order valence-corrected chi connectivity index (χ3v) is 6.02. The highest BCUT2D eigenvalue weighted by Crippen LogP contribution is 1.94. The molecular formula is C31H63IO13. The van der Waals surface area contributed by atoms with Crippen LogP contribution in [0.2, 0.25) is 0 Å². The monoisotopic (exact) mass is 770 g/mol. The molecule has 0 saturated heterocycles. The molecule has 0 saturated carbocycles. The third kappa shape index (κ3) is 44.2. The van der Waals surface area contributed by atoms with Crippen molar-refractivity contribution >= 4 is 22.6 Å². The van der Waals surface area contributed by atoms with E-state index in [1.54, 1.807) is 0 Å². The molecule has 0 atom stereocenters. The van der Waals surface area contributed by atoms with E-state index in [1.165, 1.54) is 12.8 Å². The van der Waals surface area contributed by atoms with Gasteiger partial charge in [0, 0.05) is 11.0 Å². The van der Waals surface area contributed by atoms with Crippen molar-refractivity contribution in [3.8, 4) is 0 Å². The number of halogens is 1. The molecular weight excluding hydrogens is 707 g/mol. The lowest BCUT2D eigenvalue weighted by atomic mass is 10.3. The fraction of sp³-hybridized carbons (Fsp3) is 1.00. The Hall–Kier alpha value is 0.210. The van der Waals surface area contributed by atoms with Crippen LogP contribution in [-0.4, -0.2) is 176 Å². The highest BCUT2D eigenvalue weighted by atomic mass is 127. The average molecular weight is 771 g/mol. The van der Waals surface area contributed by atoms with Crippen molar-refractivity contribution in [3.05, 3.63) is 0 Å². The topological polar surface area (TPSA) is 120 Å². The summed E-state index contributed by atoms with van der Waals surface area (Å²) in [7, 11) is 0. The van der Waals surface area contributed by atoms with Gasteiger partial charge in [-0.1, -0.05) is 42.4 Å². The van der Waals surface area contributed by atoms with Gasteiger partial charge in [-0.2, -0.15) is 0 Å². The average Bonchev–Trinajstić information content (AvgIpc) is 3.05. The molecule has 13 nitrogen and oxygen atoms in total. The molecule has 0 fully saturated rings. The molecule has 0 aliphatic carbocycles. The highest BCUT2D eigenvalue weighted by molar-refractivity contribution is 14.1. The van der Waals surface area contributed by atoms with E-state index in [0.717, 1.165) is 24.1 Å². The maximum atomic E-state index is 5.49. The molecule has 0 rings (SSSR count). The summed E-state index contributed by atoms with van der Waals surface area (Å²) in [6, 6.07) is 0. The Labute approximate surface area is 285 Å². The second kappa shape index (κ2) is 44.2. The highest BCUT2D eigenvalue weighted by Gasteiger charge is 1.97. The molecule has 272 valence electrons. The maximum absolute atomic E-state index is 5.49. The SMILES string of the molecule is CCCCCOCCOCCOCCOCCOCCOCCOCCOCCOCCOCCOCCOCCOCCI. The second-order valence-electron chi connectivity index (χ2n) is 9.36. The predicted molar refractivity (Wildman–Crippen MR) is 179 cm³/mol. The fourth-order valence-electron chi connectivity index (χ4n) is 3.25. The lowest BCUT2D eigenvalue weighted by molar-refractivity contribution is -0.0289. The largest absolute Gasteiger partial charge is 0.379 e. The normalized spacial score (nSPS) is 11.6. The van der Waals surface area contributed by atoms with Crippen LogP contribution in [0.3, 0.4) is 0 Å². The summed E-state index contributed by atoms with van der Waals surface area (Å²) in [5, 5.41) is 0. The molecule has 0 radical (unpaired) electrons. The summed E-state index contributed by atoms with van der Waals surface area (Å²) in [5.74, 6) is 0. The van der Waals surface area contributed by atoms with Crippen LogP contribution in [0.15, 0.2) is 0 Å². The zero-order chi connectivity index (χ0) is 32.4. The quantitative estimate of drug-likeness (QED) is 0.0515. The number of hydrogen-bond acceptors (Lipinski definition) is 13. The molecule has 0 aromatic rings. The molecule has 0 aromatic heterocycles. The minimum Gasteiger partial charge on any atom is -0.379 e. The second-order valence-corrected chi connectivity index (χ2v) is 10.4. The number of rotatable bonds is 42. The molecule has 0 heterocycles. The van der Waals surface area contributed by atoms with Crippen LogP contribution >= 0.6 is 22.6 Å². The molecule has 0 unspecified atom stereocenters. The number of ether oxygens (including phenoxy) is 13. The Morgan fingerprint density at radius 1 is 0.244 bits per heavy atom. The zero-order valence-electron chi connectivity index (χ0n) is 27.9. The van der Waals surface area contributed by atoms with Gasteiger partial charge in [-0.3, -0.25) is 0 Å². The molecule has 0 aliphatic rings. The van der Waals surface area contributed by atoms with Crippen molar-refractivity contribution in [3.63, 3.8) is 0 Å². The summed E-state index contributed by atoms with van der Waals surface area (Å²) < 4.78 is 71.9. The summed E-state index contributed by atoms with van der Waals surface area (Å²) in [4.78, 5) is 0. The standard InChI is InChI=1S/C31H63IO13/c1-2-3-4-6-33-8-10-35-12-14-37-16-18-39-20-22-41-24-26-43-28-30-45-31-29-44-27-25-42-23-21-40-19-17-38-15-13-36-11-9-34-7-5-32/h2-31H2,1H3. The van der Waals surface area contributed by atoms with Gasteiger partial charge in [0.2, 0.25) is 0 Å². The smallest absolute Gasteiger partial charge is 0.0701 e. The van der Waals surface area contributed by atoms with Gasteiger partial charge < -0.3 is 61.6 Å². The Bertz CT molecular complexity index is 470. The molecule has 45 heavy (non-hydrogen) atoms. The molecule has 14 heteroatoms. The van der Waals surface area contributed by atoms with Crippen molar-refractivity contribution in [2.75, 3.05) is 176 Å². The van der Waals surface area contributed by atoms with E-state index in [-0.39, 0.29) is 0 Å². The molecule has 0 aliphatic heterocycles. The Morgan fingerprint density at radius 2 is 0.422 bits per heavy atom. The molecule has 0 bridgehead atoms. The summed E-state index contributed by atoms with van der Waals surface area (Å²) in [6.07, 6.45) is 3.55. The van der Waals surface area contributed by atoms with Gasteiger partial charge in [0.25, 0.3) is 0 Å². The Kier molecular flexibility index (Phi) is 44.4. The van der Waals surface area contributed by atoms with Crippen molar-refractivity contribution in [1.82, 2.24) is 0 Å². The van der Waals surface area contributed by atoms with Gasteiger partial charge >= 0.3 is 0 Å². The van der Waals surface area contributed by atoms with Crippen molar-refractivity contribution in [2.45, 2.75) is 26.2 Å². The fourth-order valence-corrected chi connectivity index (χ4v) is 3.56. The van der Waals surface area contributed by atoms with E-state index in [2.05, 4.69) is 29.5 Å². The van der Waals surface area contributed by atoms with E-state index in [9.17, 15) is 0 Å². The summed E-state index contributed by atoms with van der Waals surface area (Å²) in [5.41, 5.74) is 0. The molecule has 0 spiro atoms. The van der Waals surface area contributed by atoms with E-state index in [4.69, 9.17) is 61.6 Å². The third-order valence-electron chi connectivity index (χ3n) is 5.58. The van der Waals surface area contributed by atoms with Crippen LogP contribution < -0.4 is 0 Å². The van der Waals surface area contributed by atoms with Gasteiger partial charge in [0.05, 0.1) is 165 Å². The van der Waals surface area contributed by atoms with E-state index >= 15 is 0 Å². The van der Waals surface area contributed by atoms with Crippen LogP contribution in [0.1, 0.15) is 26.2 Å². The van der Waals surface area contributed by atoms with Crippen LogP contribution in [0, 0.1) is 0 Å². The molecule has 0 amide bonds.